The van der Waals surface area contributed by atoms with E-state index in [0.29, 0.717) is 6.42 Å². The van der Waals surface area contributed by atoms with Gasteiger partial charge < -0.3 is 19.3 Å². The lowest BCUT2D eigenvalue weighted by molar-refractivity contribution is -0.161. The van der Waals surface area contributed by atoms with E-state index >= 15 is 0 Å². The molecular weight excluding hydrogens is 399 g/mol. The fourth-order valence-electron chi connectivity index (χ4n) is 2.45. The van der Waals surface area contributed by atoms with Crippen LogP contribution in [0.5, 0.6) is 0 Å². The maximum absolute atomic E-state index is 11.9. The van der Waals surface area contributed by atoms with E-state index in [4.69, 9.17) is 19.3 Å². The van der Waals surface area contributed by atoms with Crippen molar-refractivity contribution in [1.82, 2.24) is 0 Å². The minimum absolute atomic E-state index is 0.147. The fraction of sp³-hybridized carbons (Fsp3) is 0.800. The van der Waals surface area contributed by atoms with Gasteiger partial charge >= 0.3 is 19.8 Å². The lowest BCUT2D eigenvalue weighted by Crippen LogP contribution is -2.29. The summed E-state index contributed by atoms with van der Waals surface area (Å²) >= 11 is 0. The molecule has 1 atom stereocenters. The maximum Gasteiger partial charge on any atom is 0.469 e. The largest absolute Gasteiger partial charge is 0.469 e. The van der Waals surface area contributed by atoms with E-state index in [-0.39, 0.29) is 19.4 Å². The van der Waals surface area contributed by atoms with Gasteiger partial charge in [0.2, 0.25) is 0 Å². The predicted octanol–water partition coefficient (Wildman–Crippen LogP) is 4.44. The van der Waals surface area contributed by atoms with Crippen molar-refractivity contribution < 1.29 is 37.9 Å². The molecule has 0 amide bonds. The number of phosphoric acid groups is 1. The molecule has 8 nitrogen and oxygen atoms in total. The molecule has 2 N–H and O–H groups in total. The van der Waals surface area contributed by atoms with Crippen LogP contribution in [0.15, 0.2) is 12.2 Å². The second kappa shape index (κ2) is 17.6. The zero-order chi connectivity index (χ0) is 22.0. The van der Waals surface area contributed by atoms with Crippen molar-refractivity contribution in [2.24, 2.45) is 0 Å². The zero-order valence-electron chi connectivity index (χ0n) is 17.7. The molecule has 0 radical (unpaired) electrons. The summed E-state index contributed by atoms with van der Waals surface area (Å²) in [5.74, 6) is -1.00. The SMILES string of the molecule is CCCC/C=C\CCCCCCCC(=O)OC(COC(=O)CC)COP(=O)(O)O. The Bertz CT molecular complexity index is 515. The molecule has 0 aromatic rings. The molecule has 0 fully saturated rings. The molecule has 0 aliphatic carbocycles. The Morgan fingerprint density at radius 1 is 0.897 bits per heavy atom. The van der Waals surface area contributed by atoms with Crippen molar-refractivity contribution in [3.63, 3.8) is 0 Å². The lowest BCUT2D eigenvalue weighted by atomic mass is 10.1. The number of hydrogen-bond donors (Lipinski definition) is 2. The zero-order valence-corrected chi connectivity index (χ0v) is 18.6. The van der Waals surface area contributed by atoms with Crippen LogP contribution >= 0.6 is 7.82 Å². The first kappa shape index (κ1) is 27.8. The molecule has 170 valence electrons. The molecule has 0 aliphatic rings. The van der Waals surface area contributed by atoms with Gasteiger partial charge in [-0.1, -0.05) is 58.1 Å². The summed E-state index contributed by atoms with van der Waals surface area (Å²) in [7, 11) is -4.70. The van der Waals surface area contributed by atoms with Gasteiger partial charge in [0.25, 0.3) is 0 Å². The summed E-state index contributed by atoms with van der Waals surface area (Å²) in [6.07, 6.45) is 13.3. The van der Waals surface area contributed by atoms with Gasteiger partial charge in [0.05, 0.1) is 6.61 Å². The summed E-state index contributed by atoms with van der Waals surface area (Å²) in [5.41, 5.74) is 0. The van der Waals surface area contributed by atoms with Crippen LogP contribution in [0.2, 0.25) is 0 Å². The first-order valence-corrected chi connectivity index (χ1v) is 12.0. The molecule has 1 unspecified atom stereocenters. The normalized spacial score (nSPS) is 12.8. The molecule has 0 heterocycles. The lowest BCUT2D eigenvalue weighted by Gasteiger charge is -2.18. The molecule has 0 rings (SSSR count). The molecule has 0 aromatic carbocycles. The van der Waals surface area contributed by atoms with Crippen LogP contribution < -0.4 is 0 Å². The molecule has 29 heavy (non-hydrogen) atoms. The number of esters is 2. The third-order valence-corrected chi connectivity index (χ3v) is 4.57. The van der Waals surface area contributed by atoms with Crippen LogP contribution in [0.1, 0.15) is 84.5 Å². The Morgan fingerprint density at radius 2 is 1.52 bits per heavy atom. The number of allylic oxidation sites excluding steroid dienone is 2. The number of rotatable bonds is 18. The first-order chi connectivity index (χ1) is 13.8. The van der Waals surface area contributed by atoms with Crippen molar-refractivity contribution in [2.45, 2.75) is 90.6 Å². The van der Waals surface area contributed by atoms with Crippen LogP contribution in [0, 0.1) is 0 Å². The number of carbonyl (C=O) groups excluding carboxylic acids is 2. The third kappa shape index (κ3) is 19.9. The molecule has 0 aromatic heterocycles. The molecule has 0 saturated carbocycles. The van der Waals surface area contributed by atoms with E-state index in [1.807, 2.05) is 0 Å². The Balaban J connectivity index is 3.97. The summed E-state index contributed by atoms with van der Waals surface area (Å²) in [6, 6.07) is 0. The number of phosphoric ester groups is 1. The van der Waals surface area contributed by atoms with Crippen LogP contribution in [-0.2, 0) is 28.2 Å². The number of hydrogen-bond acceptors (Lipinski definition) is 6. The minimum atomic E-state index is -4.70. The second-order valence-electron chi connectivity index (χ2n) is 6.85. The third-order valence-electron chi connectivity index (χ3n) is 4.09. The highest BCUT2D eigenvalue weighted by Crippen LogP contribution is 2.35. The van der Waals surface area contributed by atoms with Crippen molar-refractivity contribution in [1.29, 1.82) is 0 Å². The smallest absolute Gasteiger partial charge is 0.462 e. The number of unbranched alkanes of at least 4 members (excludes halogenated alkanes) is 7. The molecule has 0 aliphatic heterocycles. The van der Waals surface area contributed by atoms with Gasteiger partial charge in [-0.15, -0.1) is 0 Å². The van der Waals surface area contributed by atoms with Crippen molar-refractivity contribution in [2.75, 3.05) is 13.2 Å². The number of ether oxygens (including phenoxy) is 2. The van der Waals surface area contributed by atoms with E-state index in [1.54, 1.807) is 6.92 Å². The van der Waals surface area contributed by atoms with Gasteiger partial charge in [0, 0.05) is 12.8 Å². The Kier molecular flexibility index (Phi) is 16.9. The van der Waals surface area contributed by atoms with Crippen LogP contribution in [-0.4, -0.2) is 41.0 Å². The summed E-state index contributed by atoms with van der Waals surface area (Å²) in [6.45, 7) is 2.95. The van der Waals surface area contributed by atoms with Gasteiger partial charge in [-0.3, -0.25) is 14.1 Å². The topological polar surface area (TPSA) is 119 Å². The predicted molar refractivity (Wildman–Crippen MR) is 110 cm³/mol. The average molecular weight is 436 g/mol. The van der Waals surface area contributed by atoms with Gasteiger partial charge in [-0.2, -0.15) is 0 Å². The standard InChI is InChI=1S/C20H37O8P/c1-3-5-6-7-8-9-10-11-12-13-14-15-20(22)28-18(16-26-19(21)4-2)17-27-29(23,24)25/h7-8,18H,3-6,9-17H2,1-2H3,(H2,23,24,25)/b8-7-. The summed E-state index contributed by atoms with van der Waals surface area (Å²) < 4.78 is 25.2. The Labute approximate surface area is 174 Å². The van der Waals surface area contributed by atoms with Gasteiger partial charge in [-0.05, 0) is 25.7 Å². The second-order valence-corrected chi connectivity index (χ2v) is 8.09. The highest BCUT2D eigenvalue weighted by atomic mass is 31.2. The van der Waals surface area contributed by atoms with Crippen molar-refractivity contribution in [3.8, 4) is 0 Å². The summed E-state index contributed by atoms with van der Waals surface area (Å²) in [5, 5.41) is 0. The number of carbonyl (C=O) groups is 2. The fourth-order valence-corrected chi connectivity index (χ4v) is 2.81. The van der Waals surface area contributed by atoms with Crippen LogP contribution in [0.3, 0.4) is 0 Å². The molecule has 9 heteroatoms. The molecular formula is C20H37O8P. The van der Waals surface area contributed by atoms with Gasteiger partial charge in [-0.25, -0.2) is 4.57 Å². The van der Waals surface area contributed by atoms with E-state index < -0.39 is 32.5 Å². The van der Waals surface area contributed by atoms with E-state index in [0.717, 1.165) is 38.5 Å². The molecule has 0 saturated heterocycles. The quantitative estimate of drug-likeness (QED) is 0.140. The minimum Gasteiger partial charge on any atom is -0.462 e. The van der Waals surface area contributed by atoms with Gasteiger partial charge in [0.1, 0.15) is 6.61 Å². The van der Waals surface area contributed by atoms with E-state index in [1.165, 1.54) is 12.8 Å². The highest BCUT2D eigenvalue weighted by molar-refractivity contribution is 7.46. The molecule has 0 bridgehead atoms. The van der Waals surface area contributed by atoms with Crippen LogP contribution in [0.25, 0.3) is 0 Å². The van der Waals surface area contributed by atoms with Crippen LogP contribution in [0.4, 0.5) is 0 Å². The van der Waals surface area contributed by atoms with E-state index in [2.05, 4.69) is 23.6 Å². The maximum atomic E-state index is 11.9. The Morgan fingerprint density at radius 3 is 2.14 bits per heavy atom. The molecule has 0 spiro atoms. The van der Waals surface area contributed by atoms with E-state index in [9.17, 15) is 14.2 Å². The summed E-state index contributed by atoms with van der Waals surface area (Å²) in [4.78, 5) is 40.7. The van der Waals surface area contributed by atoms with Crippen molar-refractivity contribution in [3.05, 3.63) is 12.2 Å². The highest BCUT2D eigenvalue weighted by Gasteiger charge is 2.22. The monoisotopic (exact) mass is 436 g/mol. The Hall–Kier alpha value is -1.21. The van der Waals surface area contributed by atoms with Gasteiger partial charge in [0.15, 0.2) is 6.10 Å². The average Bonchev–Trinajstić information content (AvgIpc) is 2.67. The first-order valence-electron chi connectivity index (χ1n) is 10.5. The van der Waals surface area contributed by atoms with Crippen molar-refractivity contribution >= 4 is 19.8 Å².